The number of hydrogen-bond donors (Lipinski definition) is 1. The molecule has 2 aliphatic rings. The summed E-state index contributed by atoms with van der Waals surface area (Å²) in [6, 6.07) is 3.74. The summed E-state index contributed by atoms with van der Waals surface area (Å²) in [5.41, 5.74) is -0.950. The molecule has 1 saturated carbocycles. The van der Waals surface area contributed by atoms with Crippen molar-refractivity contribution in [2.45, 2.75) is 58.1 Å². The summed E-state index contributed by atoms with van der Waals surface area (Å²) in [7, 11) is -0.901. The molecule has 1 aliphatic heterocycles. The van der Waals surface area contributed by atoms with E-state index in [0.29, 0.717) is 17.9 Å². The number of benzene rings is 1. The molecule has 0 unspecified atom stereocenters. The number of ether oxygens (including phenoxy) is 1. The smallest absolute Gasteiger partial charge is 0.406 e. The molecule has 1 saturated heterocycles. The Kier molecular flexibility index (Phi) is 4.97. The van der Waals surface area contributed by atoms with E-state index < -0.39 is 36.3 Å². The van der Waals surface area contributed by atoms with E-state index in [4.69, 9.17) is 9.31 Å². The molecule has 3 rings (SSSR count). The van der Waals surface area contributed by atoms with Crippen LogP contribution in [0, 0.1) is 5.92 Å². The van der Waals surface area contributed by atoms with Crippen LogP contribution in [0.1, 0.15) is 50.9 Å². The van der Waals surface area contributed by atoms with Gasteiger partial charge in [0.1, 0.15) is 5.75 Å². The van der Waals surface area contributed by atoms with Crippen LogP contribution in [0.3, 0.4) is 0 Å². The maximum Gasteiger partial charge on any atom is 0.573 e. The molecule has 0 atom stereocenters. The molecular formula is C18H23BF3NO4. The van der Waals surface area contributed by atoms with Crippen LogP contribution in [0.4, 0.5) is 13.2 Å². The van der Waals surface area contributed by atoms with E-state index in [-0.39, 0.29) is 5.56 Å². The van der Waals surface area contributed by atoms with Gasteiger partial charge in [0.15, 0.2) is 0 Å². The van der Waals surface area contributed by atoms with Gasteiger partial charge in [0.05, 0.1) is 11.2 Å². The van der Waals surface area contributed by atoms with Crippen LogP contribution >= 0.6 is 0 Å². The molecule has 1 aliphatic carbocycles. The highest BCUT2D eigenvalue weighted by atomic mass is 19.4. The third kappa shape index (κ3) is 4.76. The van der Waals surface area contributed by atoms with Crippen LogP contribution in [0.25, 0.3) is 0 Å². The van der Waals surface area contributed by atoms with Crippen molar-refractivity contribution >= 4 is 18.5 Å². The number of alkyl halides is 3. The number of rotatable bonds is 5. The summed E-state index contributed by atoms with van der Waals surface area (Å²) in [5, 5.41) is 2.74. The van der Waals surface area contributed by atoms with E-state index in [2.05, 4.69) is 10.1 Å². The van der Waals surface area contributed by atoms with Crippen LogP contribution in [0.5, 0.6) is 5.75 Å². The minimum absolute atomic E-state index is 0.0714. The van der Waals surface area contributed by atoms with Crippen molar-refractivity contribution in [1.82, 2.24) is 5.32 Å². The van der Waals surface area contributed by atoms with Gasteiger partial charge in [-0.2, -0.15) is 0 Å². The zero-order valence-electron chi connectivity index (χ0n) is 15.8. The highest BCUT2D eigenvalue weighted by molar-refractivity contribution is 6.62. The second-order valence-electron chi connectivity index (χ2n) is 8.08. The number of carbonyl (C=O) groups is 1. The van der Waals surface area contributed by atoms with E-state index in [1.54, 1.807) is 0 Å². The first kappa shape index (κ1) is 20.0. The van der Waals surface area contributed by atoms with Gasteiger partial charge in [-0.05, 0) is 70.1 Å². The van der Waals surface area contributed by atoms with Crippen LogP contribution in [0.2, 0.25) is 0 Å². The van der Waals surface area contributed by atoms with Gasteiger partial charge in [0, 0.05) is 12.1 Å². The fourth-order valence-electron chi connectivity index (χ4n) is 2.72. The lowest BCUT2D eigenvalue weighted by molar-refractivity contribution is -0.274. The van der Waals surface area contributed by atoms with Crippen molar-refractivity contribution in [2.75, 3.05) is 6.54 Å². The highest BCUT2D eigenvalue weighted by Crippen LogP contribution is 2.37. The number of carbonyl (C=O) groups excluding carboxylic acids is 1. The van der Waals surface area contributed by atoms with Gasteiger partial charge in [0.25, 0.3) is 5.91 Å². The Morgan fingerprint density at radius 1 is 1.19 bits per heavy atom. The minimum atomic E-state index is -4.86. The first-order chi connectivity index (χ1) is 12.4. The van der Waals surface area contributed by atoms with Gasteiger partial charge < -0.3 is 19.4 Å². The van der Waals surface area contributed by atoms with Crippen molar-refractivity contribution in [3.05, 3.63) is 23.8 Å². The molecule has 5 nitrogen and oxygen atoms in total. The third-order valence-corrected chi connectivity index (χ3v) is 5.20. The van der Waals surface area contributed by atoms with Gasteiger partial charge in [-0.25, -0.2) is 0 Å². The SMILES string of the molecule is CC1(C)OB(c2cc(OC(F)(F)F)cc(C(=O)NCC3CC3)c2)OC1(C)C. The molecular weight excluding hydrogens is 362 g/mol. The normalized spacial score (nSPS) is 21.2. The minimum Gasteiger partial charge on any atom is -0.406 e. The Balaban J connectivity index is 1.88. The van der Waals surface area contributed by atoms with E-state index in [1.165, 1.54) is 12.1 Å². The standard InChI is InChI=1S/C18H23BF3NO4/c1-16(2)17(3,4)27-19(26-16)13-7-12(15(24)23-10-11-5-6-11)8-14(9-13)25-18(20,21)22/h7-9,11H,5-6,10H2,1-4H3,(H,23,24). The first-order valence-corrected chi connectivity index (χ1v) is 8.91. The van der Waals surface area contributed by atoms with E-state index in [9.17, 15) is 18.0 Å². The van der Waals surface area contributed by atoms with Crippen molar-refractivity contribution in [1.29, 1.82) is 0 Å². The lowest BCUT2D eigenvalue weighted by atomic mass is 9.78. The molecule has 1 aromatic carbocycles. The fraction of sp³-hybridized carbons (Fsp3) is 0.611. The monoisotopic (exact) mass is 385 g/mol. The van der Waals surface area contributed by atoms with Gasteiger partial charge in [-0.3, -0.25) is 4.79 Å². The summed E-state index contributed by atoms with van der Waals surface area (Å²) >= 11 is 0. The third-order valence-electron chi connectivity index (χ3n) is 5.20. The average molecular weight is 385 g/mol. The van der Waals surface area contributed by atoms with Crippen molar-refractivity contribution in [3.8, 4) is 5.75 Å². The molecule has 1 N–H and O–H groups in total. The molecule has 148 valence electrons. The number of hydrogen-bond acceptors (Lipinski definition) is 4. The van der Waals surface area contributed by atoms with Gasteiger partial charge in [-0.15, -0.1) is 13.2 Å². The zero-order chi connectivity index (χ0) is 20.0. The maximum atomic E-state index is 12.7. The summed E-state index contributed by atoms with van der Waals surface area (Å²) in [5.74, 6) is -0.482. The molecule has 27 heavy (non-hydrogen) atoms. The van der Waals surface area contributed by atoms with Crippen LogP contribution in [0.15, 0.2) is 18.2 Å². The van der Waals surface area contributed by atoms with E-state index >= 15 is 0 Å². The lowest BCUT2D eigenvalue weighted by Crippen LogP contribution is -2.41. The average Bonchev–Trinajstić information content (AvgIpc) is 3.30. The Morgan fingerprint density at radius 2 is 1.78 bits per heavy atom. The van der Waals surface area contributed by atoms with E-state index in [1.807, 2.05) is 27.7 Å². The first-order valence-electron chi connectivity index (χ1n) is 8.91. The maximum absolute atomic E-state index is 12.7. The Morgan fingerprint density at radius 3 is 2.30 bits per heavy atom. The molecule has 9 heteroatoms. The number of nitrogens with one attached hydrogen (secondary N) is 1. The number of halogens is 3. The zero-order valence-corrected chi connectivity index (χ0v) is 15.8. The fourth-order valence-corrected chi connectivity index (χ4v) is 2.72. The molecule has 1 aromatic rings. The largest absolute Gasteiger partial charge is 0.573 e. The Bertz CT molecular complexity index is 716. The summed E-state index contributed by atoms with van der Waals surface area (Å²) in [6.07, 6.45) is -2.76. The quantitative estimate of drug-likeness (QED) is 0.792. The predicted molar refractivity (Wildman–Crippen MR) is 93.9 cm³/mol. The molecule has 0 aromatic heterocycles. The predicted octanol–water partition coefficient (Wildman–Crippen LogP) is 3.02. The molecule has 1 amide bonds. The van der Waals surface area contributed by atoms with E-state index in [0.717, 1.165) is 18.9 Å². The van der Waals surface area contributed by atoms with Gasteiger partial charge in [-0.1, -0.05) is 0 Å². The summed E-state index contributed by atoms with van der Waals surface area (Å²) in [6.45, 7) is 7.87. The molecule has 0 radical (unpaired) electrons. The van der Waals surface area contributed by atoms with Crippen molar-refractivity contribution in [3.63, 3.8) is 0 Å². The Hall–Kier alpha value is -1.74. The van der Waals surface area contributed by atoms with Crippen LogP contribution in [-0.4, -0.2) is 37.1 Å². The second-order valence-corrected chi connectivity index (χ2v) is 8.08. The summed E-state index contributed by atoms with van der Waals surface area (Å²) < 4.78 is 53.9. The van der Waals surface area contributed by atoms with Crippen molar-refractivity contribution in [2.24, 2.45) is 5.92 Å². The van der Waals surface area contributed by atoms with Crippen LogP contribution < -0.4 is 15.5 Å². The lowest BCUT2D eigenvalue weighted by Gasteiger charge is -2.32. The second kappa shape index (κ2) is 6.70. The Labute approximate surface area is 156 Å². The van der Waals surface area contributed by atoms with Crippen LogP contribution in [-0.2, 0) is 9.31 Å². The molecule has 1 heterocycles. The number of amides is 1. The van der Waals surface area contributed by atoms with Gasteiger partial charge in [0.2, 0.25) is 0 Å². The molecule has 2 fully saturated rings. The topological polar surface area (TPSA) is 56.8 Å². The van der Waals surface area contributed by atoms with Gasteiger partial charge >= 0.3 is 13.5 Å². The van der Waals surface area contributed by atoms with Crippen molar-refractivity contribution < 1.29 is 32.0 Å². The molecule has 0 bridgehead atoms. The molecule has 0 spiro atoms. The summed E-state index contributed by atoms with van der Waals surface area (Å²) in [4.78, 5) is 12.4. The highest BCUT2D eigenvalue weighted by Gasteiger charge is 2.52.